The lowest BCUT2D eigenvalue weighted by molar-refractivity contribution is -0.141. The number of halogens is 7. The molecule has 25 heavy (non-hydrogen) atoms. The third kappa shape index (κ3) is 3.76. The number of rotatable bonds is 2. The summed E-state index contributed by atoms with van der Waals surface area (Å²) < 4.78 is 76.1. The van der Waals surface area contributed by atoms with Gasteiger partial charge in [0.2, 0.25) is 0 Å². The third-order valence-corrected chi connectivity index (χ3v) is 3.25. The average molecular weight is 387 g/mol. The molecule has 134 valence electrons. The summed E-state index contributed by atoms with van der Waals surface area (Å²) in [6.07, 6.45) is -9.51. The number of carboxylic acid groups (broad SMARTS) is 1. The van der Waals surface area contributed by atoms with Gasteiger partial charge in [0, 0.05) is 6.07 Å². The highest BCUT2D eigenvalue weighted by Crippen LogP contribution is 2.35. The predicted molar refractivity (Wildman–Crippen MR) is 71.8 cm³/mol. The minimum absolute atomic E-state index is 0.0691. The van der Waals surface area contributed by atoms with Crippen LogP contribution in [0, 0.1) is 0 Å². The molecular weight excluding hydrogens is 382 g/mol. The monoisotopic (exact) mass is 386 g/mol. The SMILES string of the molecule is O=C(O)c1cc(C(F)(F)F)cc(Cl)c1-n1cnc(C(F)(F)F)cc1=O. The minimum atomic E-state index is -4.93. The summed E-state index contributed by atoms with van der Waals surface area (Å²) in [5.74, 6) is -1.87. The highest BCUT2D eigenvalue weighted by atomic mass is 35.5. The smallest absolute Gasteiger partial charge is 0.433 e. The number of aromatic nitrogens is 2. The van der Waals surface area contributed by atoms with Crippen LogP contribution in [0.25, 0.3) is 5.69 Å². The molecule has 0 atom stereocenters. The van der Waals surface area contributed by atoms with Crippen LogP contribution >= 0.6 is 11.6 Å². The van der Waals surface area contributed by atoms with Gasteiger partial charge in [0.05, 0.1) is 21.8 Å². The zero-order chi connectivity index (χ0) is 19.2. The first-order valence-electron chi connectivity index (χ1n) is 6.12. The van der Waals surface area contributed by atoms with Gasteiger partial charge in [0.25, 0.3) is 5.56 Å². The van der Waals surface area contributed by atoms with Crippen molar-refractivity contribution >= 4 is 17.6 Å². The molecular formula is C13H5ClF6N2O3. The predicted octanol–water partition coefficient (Wildman–Crippen LogP) is 3.62. The van der Waals surface area contributed by atoms with Gasteiger partial charge >= 0.3 is 18.3 Å². The van der Waals surface area contributed by atoms with E-state index in [-0.39, 0.29) is 12.1 Å². The lowest BCUT2D eigenvalue weighted by Gasteiger charge is -2.15. The Morgan fingerprint density at radius 3 is 2.12 bits per heavy atom. The fourth-order valence-corrected chi connectivity index (χ4v) is 2.20. The topological polar surface area (TPSA) is 72.2 Å². The molecule has 1 aromatic carbocycles. The molecule has 0 aliphatic heterocycles. The first kappa shape index (κ1) is 18.8. The van der Waals surface area contributed by atoms with Crippen molar-refractivity contribution in [1.82, 2.24) is 9.55 Å². The van der Waals surface area contributed by atoms with Crippen molar-refractivity contribution in [2.45, 2.75) is 12.4 Å². The molecule has 0 aliphatic carbocycles. The molecule has 0 unspecified atom stereocenters. The number of benzene rings is 1. The molecule has 0 radical (unpaired) electrons. The molecule has 12 heteroatoms. The van der Waals surface area contributed by atoms with Crippen molar-refractivity contribution in [2.24, 2.45) is 0 Å². The fourth-order valence-electron chi connectivity index (χ4n) is 1.89. The number of hydrogen-bond donors (Lipinski definition) is 1. The Morgan fingerprint density at radius 1 is 1.08 bits per heavy atom. The number of nitrogens with zero attached hydrogens (tertiary/aromatic N) is 2. The standard InChI is InChI=1S/C13H5ClF6N2O3/c14-7-2-5(12(15,16)17)1-6(11(24)25)10(7)22-4-21-8(3-9(22)23)13(18,19)20/h1-4H,(H,24,25). The van der Waals surface area contributed by atoms with Gasteiger partial charge in [-0.3, -0.25) is 9.36 Å². The van der Waals surface area contributed by atoms with Crippen LogP contribution in [-0.4, -0.2) is 20.6 Å². The van der Waals surface area contributed by atoms with Crippen molar-refractivity contribution in [2.75, 3.05) is 0 Å². The lowest BCUT2D eigenvalue weighted by Crippen LogP contribution is -2.24. The average Bonchev–Trinajstić information content (AvgIpc) is 2.44. The summed E-state index contributed by atoms with van der Waals surface area (Å²) in [6, 6.07) is 0.640. The first-order chi connectivity index (χ1) is 11.3. The van der Waals surface area contributed by atoms with Crippen molar-refractivity contribution in [1.29, 1.82) is 0 Å². The molecule has 0 fully saturated rings. The molecule has 0 spiro atoms. The van der Waals surface area contributed by atoms with Crippen LogP contribution in [0.2, 0.25) is 5.02 Å². The summed E-state index contributed by atoms with van der Waals surface area (Å²) in [7, 11) is 0. The number of carbonyl (C=O) groups is 1. The van der Waals surface area contributed by atoms with Crippen LogP contribution in [0.3, 0.4) is 0 Å². The Morgan fingerprint density at radius 2 is 1.68 bits per heavy atom. The Bertz CT molecular complexity index is 904. The van der Waals surface area contributed by atoms with Crippen LogP contribution in [0.1, 0.15) is 21.6 Å². The second-order valence-electron chi connectivity index (χ2n) is 4.64. The van der Waals surface area contributed by atoms with Gasteiger partial charge in [-0.2, -0.15) is 26.3 Å². The number of carboxylic acids is 1. The molecule has 5 nitrogen and oxygen atoms in total. The maximum Gasteiger partial charge on any atom is 0.433 e. The van der Waals surface area contributed by atoms with Gasteiger partial charge in [0.1, 0.15) is 6.33 Å². The second kappa shape index (κ2) is 6.06. The Labute approximate surface area is 139 Å². The molecule has 1 heterocycles. The summed E-state index contributed by atoms with van der Waals surface area (Å²) >= 11 is 5.65. The van der Waals surface area contributed by atoms with Crippen molar-refractivity contribution in [3.8, 4) is 5.69 Å². The molecule has 0 amide bonds. The van der Waals surface area contributed by atoms with Gasteiger partial charge in [-0.15, -0.1) is 0 Å². The van der Waals surface area contributed by atoms with E-state index >= 15 is 0 Å². The van der Waals surface area contributed by atoms with E-state index in [1.165, 1.54) is 0 Å². The van der Waals surface area contributed by atoms with Crippen molar-refractivity contribution in [3.63, 3.8) is 0 Å². The van der Waals surface area contributed by atoms with Gasteiger partial charge in [-0.1, -0.05) is 11.6 Å². The quantitative estimate of drug-likeness (QED) is 0.800. The van der Waals surface area contributed by atoms with E-state index in [1.54, 1.807) is 0 Å². The van der Waals surface area contributed by atoms with Gasteiger partial charge in [-0.25, -0.2) is 9.78 Å². The minimum Gasteiger partial charge on any atom is -0.478 e. The normalized spacial score (nSPS) is 12.3. The van der Waals surface area contributed by atoms with Crippen LogP contribution in [-0.2, 0) is 12.4 Å². The maximum absolute atomic E-state index is 12.8. The molecule has 2 aromatic rings. The van der Waals surface area contributed by atoms with E-state index in [9.17, 15) is 35.9 Å². The Balaban J connectivity index is 2.76. The van der Waals surface area contributed by atoms with Crippen LogP contribution in [0.15, 0.2) is 29.3 Å². The zero-order valence-corrected chi connectivity index (χ0v) is 12.4. The van der Waals surface area contributed by atoms with E-state index in [1.807, 2.05) is 0 Å². The summed E-state index contributed by atoms with van der Waals surface area (Å²) in [5.41, 5.74) is -6.07. The number of hydrogen-bond acceptors (Lipinski definition) is 3. The third-order valence-electron chi connectivity index (χ3n) is 2.96. The van der Waals surface area contributed by atoms with E-state index in [0.29, 0.717) is 17.0 Å². The van der Waals surface area contributed by atoms with Gasteiger partial charge in [0.15, 0.2) is 5.69 Å². The van der Waals surface area contributed by atoms with Gasteiger partial charge < -0.3 is 5.11 Å². The highest BCUT2D eigenvalue weighted by molar-refractivity contribution is 6.33. The van der Waals surface area contributed by atoms with E-state index in [4.69, 9.17) is 16.7 Å². The Hall–Kier alpha value is -2.56. The summed E-state index contributed by atoms with van der Waals surface area (Å²) in [6.45, 7) is 0. The molecule has 1 aromatic heterocycles. The largest absolute Gasteiger partial charge is 0.478 e. The van der Waals surface area contributed by atoms with E-state index in [0.717, 1.165) is 0 Å². The second-order valence-corrected chi connectivity index (χ2v) is 5.04. The first-order valence-corrected chi connectivity index (χ1v) is 6.50. The zero-order valence-electron chi connectivity index (χ0n) is 11.6. The summed E-state index contributed by atoms with van der Waals surface area (Å²) in [5, 5.41) is 8.28. The Kier molecular flexibility index (Phi) is 4.55. The maximum atomic E-state index is 12.8. The molecule has 1 N–H and O–H groups in total. The molecule has 0 saturated heterocycles. The molecule has 0 saturated carbocycles. The fraction of sp³-hybridized carbons (Fsp3) is 0.154. The summed E-state index contributed by atoms with van der Waals surface area (Å²) in [4.78, 5) is 26.0. The van der Waals surface area contributed by atoms with Crippen LogP contribution in [0.5, 0.6) is 0 Å². The van der Waals surface area contributed by atoms with Crippen LogP contribution < -0.4 is 5.56 Å². The molecule has 0 aliphatic rings. The highest BCUT2D eigenvalue weighted by Gasteiger charge is 2.35. The number of alkyl halides is 6. The van der Waals surface area contributed by atoms with E-state index in [2.05, 4.69) is 4.98 Å². The van der Waals surface area contributed by atoms with Crippen LogP contribution in [0.4, 0.5) is 26.3 Å². The molecule has 2 rings (SSSR count). The molecule has 0 bridgehead atoms. The lowest BCUT2D eigenvalue weighted by atomic mass is 10.1. The van der Waals surface area contributed by atoms with Crippen molar-refractivity contribution in [3.05, 3.63) is 56.7 Å². The van der Waals surface area contributed by atoms with Crippen molar-refractivity contribution < 1.29 is 36.2 Å². The van der Waals surface area contributed by atoms with Gasteiger partial charge in [-0.05, 0) is 12.1 Å². The number of aromatic carboxylic acids is 1. The van der Waals surface area contributed by atoms with E-state index < -0.39 is 51.4 Å².